The fourth-order valence-electron chi connectivity index (χ4n) is 1.76. The van der Waals surface area contributed by atoms with E-state index in [9.17, 15) is 9.59 Å². The maximum Gasteiger partial charge on any atom is 0.255 e. The Kier molecular flexibility index (Phi) is 8.21. The standard InChI is InChI=1S/C15H21ClN2O5/c1-3-22-6-4-5-18-15(20)10-7-11(16)14(12(8-10)21-2)23-9-13(17)19/h7-8H,3-6,9H2,1-2H3,(H2,17,19)(H,18,20). The maximum absolute atomic E-state index is 12.1. The molecule has 8 heteroatoms. The van der Waals surface area contributed by atoms with E-state index in [1.165, 1.54) is 19.2 Å². The lowest BCUT2D eigenvalue weighted by molar-refractivity contribution is -0.119. The van der Waals surface area contributed by atoms with Gasteiger partial charge in [0.15, 0.2) is 18.1 Å². The minimum atomic E-state index is -0.640. The zero-order chi connectivity index (χ0) is 17.2. The quantitative estimate of drug-likeness (QED) is 0.624. The monoisotopic (exact) mass is 344 g/mol. The average Bonchev–Trinajstić information content (AvgIpc) is 2.52. The summed E-state index contributed by atoms with van der Waals surface area (Å²) >= 11 is 6.09. The molecule has 0 fully saturated rings. The Morgan fingerprint density at radius 2 is 2.09 bits per heavy atom. The molecule has 23 heavy (non-hydrogen) atoms. The van der Waals surface area contributed by atoms with Gasteiger partial charge >= 0.3 is 0 Å². The number of hydrogen-bond acceptors (Lipinski definition) is 5. The number of nitrogens with two attached hydrogens (primary N) is 1. The Labute approximate surface area is 140 Å². The molecule has 7 nitrogen and oxygen atoms in total. The number of halogens is 1. The highest BCUT2D eigenvalue weighted by Gasteiger charge is 2.16. The second kappa shape index (κ2) is 9.91. The van der Waals surface area contributed by atoms with Crippen molar-refractivity contribution in [2.45, 2.75) is 13.3 Å². The number of amides is 2. The van der Waals surface area contributed by atoms with Gasteiger partial charge in [0.05, 0.1) is 12.1 Å². The molecule has 0 aliphatic heterocycles. The number of hydrogen-bond donors (Lipinski definition) is 2. The molecule has 0 atom stereocenters. The van der Waals surface area contributed by atoms with E-state index in [1.54, 1.807) is 0 Å². The molecule has 0 aromatic heterocycles. The van der Waals surface area contributed by atoms with Crippen LogP contribution >= 0.6 is 11.6 Å². The first-order valence-corrected chi connectivity index (χ1v) is 7.52. The summed E-state index contributed by atoms with van der Waals surface area (Å²) in [5.74, 6) is -0.513. The smallest absolute Gasteiger partial charge is 0.255 e. The van der Waals surface area contributed by atoms with E-state index in [4.69, 9.17) is 31.5 Å². The topological polar surface area (TPSA) is 99.9 Å². The third kappa shape index (κ3) is 6.33. The van der Waals surface area contributed by atoms with E-state index in [1.807, 2.05) is 6.92 Å². The van der Waals surface area contributed by atoms with Crippen molar-refractivity contribution >= 4 is 23.4 Å². The highest BCUT2D eigenvalue weighted by atomic mass is 35.5. The second-order valence-electron chi connectivity index (χ2n) is 4.55. The predicted molar refractivity (Wildman–Crippen MR) is 86.1 cm³/mol. The third-order valence-electron chi connectivity index (χ3n) is 2.81. The van der Waals surface area contributed by atoms with Crippen LogP contribution in [-0.4, -0.2) is 45.3 Å². The molecule has 0 saturated carbocycles. The van der Waals surface area contributed by atoms with E-state index in [-0.39, 0.29) is 29.0 Å². The molecule has 1 aromatic carbocycles. The van der Waals surface area contributed by atoms with Crippen molar-refractivity contribution in [2.24, 2.45) is 5.73 Å². The molecule has 0 aliphatic carbocycles. The Morgan fingerprint density at radius 3 is 2.70 bits per heavy atom. The molecule has 0 bridgehead atoms. The van der Waals surface area contributed by atoms with Gasteiger partial charge in [0, 0.05) is 25.3 Å². The molecule has 1 aromatic rings. The van der Waals surface area contributed by atoms with E-state index in [2.05, 4.69) is 5.32 Å². The lowest BCUT2D eigenvalue weighted by atomic mass is 10.2. The molecule has 0 aliphatic rings. The van der Waals surface area contributed by atoms with Crippen molar-refractivity contribution in [2.75, 3.05) is 33.5 Å². The first-order valence-electron chi connectivity index (χ1n) is 7.14. The van der Waals surface area contributed by atoms with Gasteiger partial charge in [0.1, 0.15) is 0 Å². The number of rotatable bonds is 10. The molecule has 0 saturated heterocycles. The van der Waals surface area contributed by atoms with Crippen molar-refractivity contribution < 1.29 is 23.8 Å². The molecule has 2 amide bonds. The van der Waals surface area contributed by atoms with Gasteiger partial charge in [-0.2, -0.15) is 0 Å². The van der Waals surface area contributed by atoms with Crippen LogP contribution in [0, 0.1) is 0 Å². The number of carbonyl (C=O) groups excluding carboxylic acids is 2. The molecule has 0 heterocycles. The van der Waals surface area contributed by atoms with Crippen LogP contribution in [0.2, 0.25) is 5.02 Å². The summed E-state index contributed by atoms with van der Waals surface area (Å²) in [6, 6.07) is 2.93. The number of benzene rings is 1. The van der Waals surface area contributed by atoms with Crippen molar-refractivity contribution in [3.63, 3.8) is 0 Å². The highest BCUT2D eigenvalue weighted by Crippen LogP contribution is 2.36. The highest BCUT2D eigenvalue weighted by molar-refractivity contribution is 6.32. The van der Waals surface area contributed by atoms with Gasteiger partial charge in [-0.3, -0.25) is 9.59 Å². The Balaban J connectivity index is 2.74. The summed E-state index contributed by atoms with van der Waals surface area (Å²) in [7, 11) is 1.41. The summed E-state index contributed by atoms with van der Waals surface area (Å²) in [6.45, 7) is 3.29. The van der Waals surface area contributed by atoms with Gasteiger partial charge in [-0.25, -0.2) is 0 Å². The second-order valence-corrected chi connectivity index (χ2v) is 4.96. The zero-order valence-electron chi connectivity index (χ0n) is 13.2. The zero-order valence-corrected chi connectivity index (χ0v) is 13.9. The molecule has 3 N–H and O–H groups in total. The largest absolute Gasteiger partial charge is 0.493 e. The number of ether oxygens (including phenoxy) is 3. The molecular weight excluding hydrogens is 324 g/mol. The first-order chi connectivity index (χ1) is 11.0. The summed E-state index contributed by atoms with van der Waals surface area (Å²) in [6.07, 6.45) is 0.713. The molecule has 1 rings (SSSR count). The SMILES string of the molecule is CCOCCCNC(=O)c1cc(Cl)c(OCC(N)=O)c(OC)c1. The molecule has 0 radical (unpaired) electrons. The van der Waals surface area contributed by atoms with Crippen molar-refractivity contribution in [1.29, 1.82) is 0 Å². The van der Waals surface area contributed by atoms with Gasteiger partial charge in [-0.05, 0) is 25.5 Å². The van der Waals surface area contributed by atoms with Crippen LogP contribution in [0.1, 0.15) is 23.7 Å². The van der Waals surface area contributed by atoms with Gasteiger partial charge in [-0.15, -0.1) is 0 Å². The maximum atomic E-state index is 12.1. The first kappa shape index (κ1) is 19.1. The van der Waals surface area contributed by atoms with Crippen LogP contribution in [0.3, 0.4) is 0 Å². The average molecular weight is 345 g/mol. The van der Waals surface area contributed by atoms with Gasteiger partial charge in [0.2, 0.25) is 0 Å². The molecule has 128 valence electrons. The Hall–Kier alpha value is -1.99. The van der Waals surface area contributed by atoms with Crippen molar-refractivity contribution in [3.05, 3.63) is 22.7 Å². The van der Waals surface area contributed by atoms with E-state index in [0.29, 0.717) is 31.7 Å². The lowest BCUT2D eigenvalue weighted by Gasteiger charge is -2.13. The normalized spacial score (nSPS) is 10.2. The van der Waals surface area contributed by atoms with Gasteiger partial charge < -0.3 is 25.3 Å². The van der Waals surface area contributed by atoms with Gasteiger partial charge in [0.25, 0.3) is 11.8 Å². The number of carbonyl (C=O) groups is 2. The molecule has 0 unspecified atom stereocenters. The molecular formula is C15H21ClN2O5. The third-order valence-corrected chi connectivity index (χ3v) is 3.09. The van der Waals surface area contributed by atoms with Crippen LogP contribution in [0.15, 0.2) is 12.1 Å². The van der Waals surface area contributed by atoms with Crippen molar-refractivity contribution in [3.8, 4) is 11.5 Å². The predicted octanol–water partition coefficient (Wildman–Crippen LogP) is 1.37. The molecule has 0 spiro atoms. The minimum Gasteiger partial charge on any atom is -0.493 e. The summed E-state index contributed by atoms with van der Waals surface area (Å²) in [5, 5.41) is 2.92. The number of primary amides is 1. The van der Waals surface area contributed by atoms with E-state index < -0.39 is 5.91 Å². The van der Waals surface area contributed by atoms with E-state index >= 15 is 0 Å². The van der Waals surface area contributed by atoms with Gasteiger partial charge in [-0.1, -0.05) is 11.6 Å². The van der Waals surface area contributed by atoms with Crippen LogP contribution < -0.4 is 20.5 Å². The van der Waals surface area contributed by atoms with Crippen LogP contribution in [0.5, 0.6) is 11.5 Å². The summed E-state index contributed by atoms with van der Waals surface area (Å²) in [5.41, 5.74) is 5.36. The lowest BCUT2D eigenvalue weighted by Crippen LogP contribution is -2.25. The fraction of sp³-hybridized carbons (Fsp3) is 0.467. The fourth-order valence-corrected chi connectivity index (χ4v) is 2.02. The number of methoxy groups -OCH3 is 1. The van der Waals surface area contributed by atoms with E-state index in [0.717, 1.165) is 0 Å². The Morgan fingerprint density at radius 1 is 1.35 bits per heavy atom. The Bertz CT molecular complexity index is 551. The summed E-state index contributed by atoms with van der Waals surface area (Å²) in [4.78, 5) is 22.9. The van der Waals surface area contributed by atoms with Crippen LogP contribution in [0.25, 0.3) is 0 Å². The number of nitrogens with one attached hydrogen (secondary N) is 1. The van der Waals surface area contributed by atoms with Crippen LogP contribution in [-0.2, 0) is 9.53 Å². The van der Waals surface area contributed by atoms with Crippen LogP contribution in [0.4, 0.5) is 0 Å². The minimum absolute atomic E-state index is 0.157. The summed E-state index contributed by atoms with van der Waals surface area (Å²) < 4.78 is 15.5. The van der Waals surface area contributed by atoms with Crippen molar-refractivity contribution in [1.82, 2.24) is 5.32 Å².